The average Bonchev–Trinajstić information content (AvgIpc) is 2.73. The van der Waals surface area contributed by atoms with Crippen molar-refractivity contribution >= 4 is 34.5 Å². The number of amides is 1. The summed E-state index contributed by atoms with van der Waals surface area (Å²) in [7, 11) is 0. The largest absolute Gasteiger partial charge is 0.481 e. The zero-order valence-corrected chi connectivity index (χ0v) is 12.2. The molecule has 0 spiro atoms. The molecule has 4 nitrogen and oxygen atoms in total. The molecule has 1 unspecified atom stereocenters. The van der Waals surface area contributed by atoms with Gasteiger partial charge in [-0.2, -0.15) is 0 Å². The van der Waals surface area contributed by atoms with Gasteiger partial charge in [-0.1, -0.05) is 12.1 Å². The van der Waals surface area contributed by atoms with E-state index >= 15 is 0 Å². The summed E-state index contributed by atoms with van der Waals surface area (Å²) in [5.41, 5.74) is -0.164. The summed E-state index contributed by atoms with van der Waals surface area (Å²) in [6.45, 7) is 2.48. The highest BCUT2D eigenvalue weighted by Gasteiger charge is 2.42. The number of hydrogen-bond donors (Lipinski definition) is 1. The van der Waals surface area contributed by atoms with E-state index in [0.29, 0.717) is 18.5 Å². The van der Waals surface area contributed by atoms with Gasteiger partial charge in [0.25, 0.3) is 5.91 Å². The molecule has 0 bridgehead atoms. The summed E-state index contributed by atoms with van der Waals surface area (Å²) in [5, 5.41) is 9.16. The van der Waals surface area contributed by atoms with Crippen molar-refractivity contribution in [1.82, 2.24) is 4.90 Å². The number of carbonyl (C=O) groups is 2. The van der Waals surface area contributed by atoms with Crippen LogP contribution in [0.15, 0.2) is 24.3 Å². The Morgan fingerprint density at radius 1 is 1.39 bits per heavy atom. The van der Waals surface area contributed by atoms with E-state index in [4.69, 9.17) is 5.11 Å². The molecule has 1 amide bonds. The second-order valence-corrected chi connectivity index (χ2v) is 5.98. The first-order chi connectivity index (χ1) is 8.44. The molecular formula is C13H14INO3. The minimum absolute atomic E-state index is 0.0787. The van der Waals surface area contributed by atoms with Crippen LogP contribution in [0.5, 0.6) is 0 Å². The van der Waals surface area contributed by atoms with Crippen molar-refractivity contribution in [3.8, 4) is 0 Å². The summed E-state index contributed by atoms with van der Waals surface area (Å²) >= 11 is 2.12. The van der Waals surface area contributed by atoms with Gasteiger partial charge in [0.2, 0.25) is 0 Å². The molecule has 1 aliphatic heterocycles. The molecule has 0 radical (unpaired) electrons. The lowest BCUT2D eigenvalue weighted by atomic mass is 9.90. The van der Waals surface area contributed by atoms with Crippen LogP contribution in [0.3, 0.4) is 0 Å². The number of carboxylic acids is 1. The highest BCUT2D eigenvalue weighted by molar-refractivity contribution is 14.1. The molecule has 2 rings (SSSR count). The molecule has 96 valence electrons. The average molecular weight is 359 g/mol. The third kappa shape index (κ3) is 2.36. The highest BCUT2D eigenvalue weighted by Crippen LogP contribution is 2.31. The number of likely N-dealkylation sites (tertiary alicyclic amines) is 1. The Morgan fingerprint density at radius 2 is 2.06 bits per heavy atom. The standard InChI is InChI=1S/C13H14INO3/c1-13(12(17)18)6-7-15(8-13)11(16)9-4-2-3-5-10(9)14/h2-5H,6-8H2,1H3,(H,17,18). The summed E-state index contributed by atoms with van der Waals surface area (Å²) in [6, 6.07) is 7.35. The van der Waals surface area contributed by atoms with E-state index in [0.717, 1.165) is 3.57 Å². The number of rotatable bonds is 2. The fourth-order valence-corrected chi connectivity index (χ4v) is 2.73. The van der Waals surface area contributed by atoms with Gasteiger partial charge in [-0.05, 0) is 48.1 Å². The lowest BCUT2D eigenvalue weighted by Gasteiger charge is -2.20. The third-order valence-electron chi connectivity index (χ3n) is 3.38. The minimum Gasteiger partial charge on any atom is -0.481 e. The Hall–Kier alpha value is -1.11. The molecule has 0 aromatic heterocycles. The molecule has 1 atom stereocenters. The fourth-order valence-electron chi connectivity index (χ4n) is 2.11. The topological polar surface area (TPSA) is 57.6 Å². The molecule has 1 aromatic carbocycles. The zero-order chi connectivity index (χ0) is 13.3. The molecule has 18 heavy (non-hydrogen) atoms. The summed E-state index contributed by atoms with van der Waals surface area (Å²) in [6.07, 6.45) is 0.511. The number of carbonyl (C=O) groups excluding carboxylic acids is 1. The Balaban J connectivity index is 2.18. The second-order valence-electron chi connectivity index (χ2n) is 4.82. The molecule has 1 aliphatic rings. The fraction of sp³-hybridized carbons (Fsp3) is 0.385. The molecule has 0 aliphatic carbocycles. The van der Waals surface area contributed by atoms with E-state index in [1.807, 2.05) is 18.2 Å². The van der Waals surface area contributed by atoms with Crippen LogP contribution < -0.4 is 0 Å². The van der Waals surface area contributed by atoms with E-state index in [-0.39, 0.29) is 12.5 Å². The Kier molecular flexibility index (Phi) is 3.61. The summed E-state index contributed by atoms with van der Waals surface area (Å²) in [4.78, 5) is 25.1. The molecule has 1 fully saturated rings. The van der Waals surface area contributed by atoms with Crippen LogP contribution in [0.25, 0.3) is 0 Å². The number of carboxylic acid groups (broad SMARTS) is 1. The first-order valence-electron chi connectivity index (χ1n) is 5.71. The van der Waals surface area contributed by atoms with Crippen molar-refractivity contribution < 1.29 is 14.7 Å². The molecule has 1 aromatic rings. The number of hydrogen-bond acceptors (Lipinski definition) is 2. The normalized spacial score (nSPS) is 23.1. The van der Waals surface area contributed by atoms with Crippen molar-refractivity contribution in [3.05, 3.63) is 33.4 Å². The SMILES string of the molecule is CC1(C(=O)O)CCN(C(=O)c2ccccc2I)C1. The molecule has 1 saturated heterocycles. The maximum absolute atomic E-state index is 12.3. The van der Waals surface area contributed by atoms with E-state index in [2.05, 4.69) is 22.6 Å². The van der Waals surface area contributed by atoms with Gasteiger partial charge in [0.1, 0.15) is 0 Å². The van der Waals surface area contributed by atoms with Gasteiger partial charge >= 0.3 is 5.97 Å². The first kappa shape index (κ1) is 13.3. The maximum Gasteiger partial charge on any atom is 0.311 e. The van der Waals surface area contributed by atoms with Gasteiger partial charge in [-0.15, -0.1) is 0 Å². The predicted octanol–water partition coefficient (Wildman–Crippen LogP) is 2.23. The number of halogens is 1. The molecular weight excluding hydrogens is 345 g/mol. The number of benzene rings is 1. The van der Waals surface area contributed by atoms with Gasteiger partial charge in [0.15, 0.2) is 0 Å². The smallest absolute Gasteiger partial charge is 0.311 e. The Labute approximate surface area is 119 Å². The van der Waals surface area contributed by atoms with Gasteiger partial charge in [0, 0.05) is 16.7 Å². The van der Waals surface area contributed by atoms with E-state index in [1.54, 1.807) is 17.9 Å². The van der Waals surface area contributed by atoms with Crippen molar-refractivity contribution in [2.24, 2.45) is 5.41 Å². The number of nitrogens with zero attached hydrogens (tertiary/aromatic N) is 1. The number of aliphatic carboxylic acids is 1. The van der Waals surface area contributed by atoms with E-state index in [1.165, 1.54) is 0 Å². The van der Waals surface area contributed by atoms with E-state index < -0.39 is 11.4 Å². The first-order valence-corrected chi connectivity index (χ1v) is 6.79. The van der Waals surface area contributed by atoms with Gasteiger partial charge in [-0.25, -0.2) is 0 Å². The summed E-state index contributed by atoms with van der Waals surface area (Å²) in [5.74, 6) is -0.912. The zero-order valence-electron chi connectivity index (χ0n) is 10.0. The lowest BCUT2D eigenvalue weighted by Crippen LogP contribution is -2.35. The van der Waals surface area contributed by atoms with Crippen LogP contribution in [0.2, 0.25) is 0 Å². The van der Waals surface area contributed by atoms with Crippen LogP contribution in [-0.4, -0.2) is 35.0 Å². The van der Waals surface area contributed by atoms with Crippen LogP contribution in [0.1, 0.15) is 23.7 Å². The quantitative estimate of drug-likeness (QED) is 0.824. The Bertz CT molecular complexity index is 503. The molecule has 1 N–H and O–H groups in total. The van der Waals surface area contributed by atoms with Crippen LogP contribution in [0.4, 0.5) is 0 Å². The predicted molar refractivity (Wildman–Crippen MR) is 75.4 cm³/mol. The summed E-state index contributed by atoms with van der Waals surface area (Å²) < 4.78 is 0.893. The van der Waals surface area contributed by atoms with Crippen molar-refractivity contribution in [3.63, 3.8) is 0 Å². The Morgan fingerprint density at radius 3 is 2.61 bits per heavy atom. The van der Waals surface area contributed by atoms with Crippen molar-refractivity contribution in [1.29, 1.82) is 0 Å². The van der Waals surface area contributed by atoms with Crippen molar-refractivity contribution in [2.75, 3.05) is 13.1 Å². The van der Waals surface area contributed by atoms with Crippen LogP contribution in [-0.2, 0) is 4.79 Å². The van der Waals surface area contributed by atoms with Crippen molar-refractivity contribution in [2.45, 2.75) is 13.3 Å². The van der Waals surface area contributed by atoms with E-state index in [9.17, 15) is 9.59 Å². The minimum atomic E-state index is -0.833. The van der Waals surface area contributed by atoms with Crippen LogP contribution >= 0.6 is 22.6 Å². The van der Waals surface area contributed by atoms with Gasteiger partial charge < -0.3 is 10.0 Å². The highest BCUT2D eigenvalue weighted by atomic mass is 127. The van der Waals surface area contributed by atoms with Gasteiger partial charge in [0.05, 0.1) is 11.0 Å². The molecule has 0 saturated carbocycles. The lowest BCUT2D eigenvalue weighted by molar-refractivity contribution is -0.147. The monoisotopic (exact) mass is 359 g/mol. The third-order valence-corrected chi connectivity index (χ3v) is 4.32. The second kappa shape index (κ2) is 4.87. The molecule has 5 heteroatoms. The van der Waals surface area contributed by atoms with Gasteiger partial charge in [-0.3, -0.25) is 9.59 Å². The molecule has 1 heterocycles. The van der Waals surface area contributed by atoms with Crippen LogP contribution in [0, 0.1) is 8.99 Å². The maximum atomic E-state index is 12.3.